The Balaban J connectivity index is 1.60. The van der Waals surface area contributed by atoms with E-state index in [-0.39, 0.29) is 23.2 Å². The van der Waals surface area contributed by atoms with Crippen LogP contribution < -0.4 is 0 Å². The van der Waals surface area contributed by atoms with Crippen LogP contribution in [-0.4, -0.2) is 40.4 Å². The number of aromatic hydroxyl groups is 1. The van der Waals surface area contributed by atoms with Gasteiger partial charge in [0.1, 0.15) is 11.3 Å². The summed E-state index contributed by atoms with van der Waals surface area (Å²) in [4.78, 5) is 11.9. The van der Waals surface area contributed by atoms with E-state index in [1.165, 1.54) is 12.5 Å². The third-order valence-corrected chi connectivity index (χ3v) is 5.57. The van der Waals surface area contributed by atoms with Crippen molar-refractivity contribution in [2.24, 2.45) is 0 Å². The van der Waals surface area contributed by atoms with Gasteiger partial charge in [0.2, 0.25) is 0 Å². The van der Waals surface area contributed by atoms with Crippen LogP contribution in [0.5, 0.6) is 5.75 Å². The van der Waals surface area contributed by atoms with Crippen LogP contribution in [0, 0.1) is 6.92 Å². The first-order valence-electron chi connectivity index (χ1n) is 8.01. The minimum Gasteiger partial charge on any atom is -0.507 e. The number of aryl methyl sites for hydroxylation is 1. The molecule has 5 nitrogen and oxygen atoms in total. The summed E-state index contributed by atoms with van der Waals surface area (Å²) in [5.41, 5.74) is 0.531. The number of ether oxygens (including phenoxy) is 2. The summed E-state index contributed by atoms with van der Waals surface area (Å²) in [6.07, 6.45) is 5.55. The van der Waals surface area contributed by atoms with E-state index in [1.807, 2.05) is 0 Å². The number of hydrogen-bond acceptors (Lipinski definition) is 5. The van der Waals surface area contributed by atoms with Crippen molar-refractivity contribution in [2.75, 3.05) is 12.4 Å². The number of hydrogen-bond donors (Lipinski definition) is 2. The van der Waals surface area contributed by atoms with Crippen LogP contribution in [0.4, 0.5) is 0 Å². The molecule has 2 fully saturated rings. The lowest BCUT2D eigenvalue weighted by Gasteiger charge is -2.31. The predicted molar refractivity (Wildman–Crippen MR) is 87.2 cm³/mol. The molecular weight excluding hydrogens is 316 g/mol. The molecule has 1 spiro atoms. The summed E-state index contributed by atoms with van der Waals surface area (Å²) < 4.78 is 12.1. The topological polar surface area (TPSA) is 76.0 Å². The lowest BCUT2D eigenvalue weighted by atomic mass is 9.94. The summed E-state index contributed by atoms with van der Waals surface area (Å²) in [5.74, 6) is -0.933. The van der Waals surface area contributed by atoms with Crippen molar-refractivity contribution >= 4 is 17.7 Å². The number of thioether (sulfide) groups is 1. The first-order chi connectivity index (χ1) is 11.0. The van der Waals surface area contributed by atoms with Crippen LogP contribution in [0.3, 0.4) is 0 Å². The van der Waals surface area contributed by atoms with E-state index in [0.29, 0.717) is 12.2 Å². The van der Waals surface area contributed by atoms with Gasteiger partial charge < -0.3 is 19.7 Å². The van der Waals surface area contributed by atoms with Crippen molar-refractivity contribution in [3.8, 4) is 5.75 Å². The van der Waals surface area contributed by atoms with Gasteiger partial charge in [0.15, 0.2) is 5.79 Å². The van der Waals surface area contributed by atoms with Gasteiger partial charge in [0.05, 0.1) is 12.7 Å². The van der Waals surface area contributed by atoms with Crippen molar-refractivity contribution < 1.29 is 24.5 Å². The molecule has 1 saturated carbocycles. The van der Waals surface area contributed by atoms with Crippen molar-refractivity contribution in [2.45, 2.75) is 55.8 Å². The molecule has 0 bridgehead atoms. The number of carbonyl (C=O) groups is 1. The van der Waals surface area contributed by atoms with Gasteiger partial charge in [-0.3, -0.25) is 0 Å². The van der Waals surface area contributed by atoms with Gasteiger partial charge in [-0.25, -0.2) is 4.79 Å². The Morgan fingerprint density at radius 1 is 1.35 bits per heavy atom. The standard InChI is InChI=1S/C17H22O5S/c1-11-7-13(8-14(18)15(11)16(19)20)23-10-12-9-21-17(22-12)5-3-2-4-6-17/h7-8,12,18H,2-6,9-10H2,1H3,(H,19,20). The fourth-order valence-electron chi connectivity index (χ4n) is 3.34. The number of aromatic carboxylic acids is 1. The molecule has 126 valence electrons. The van der Waals surface area contributed by atoms with E-state index >= 15 is 0 Å². The van der Waals surface area contributed by atoms with E-state index < -0.39 is 5.97 Å². The van der Waals surface area contributed by atoms with Crippen molar-refractivity contribution in [3.63, 3.8) is 0 Å². The maximum atomic E-state index is 11.1. The zero-order chi connectivity index (χ0) is 16.4. The van der Waals surface area contributed by atoms with Gasteiger partial charge in [-0.15, -0.1) is 11.8 Å². The molecule has 0 amide bonds. The summed E-state index contributed by atoms with van der Waals surface area (Å²) in [7, 11) is 0. The fourth-order valence-corrected chi connectivity index (χ4v) is 4.34. The highest BCUT2D eigenvalue weighted by molar-refractivity contribution is 7.99. The van der Waals surface area contributed by atoms with Crippen LogP contribution in [0.2, 0.25) is 0 Å². The molecular formula is C17H22O5S. The van der Waals surface area contributed by atoms with Crippen molar-refractivity contribution in [3.05, 3.63) is 23.3 Å². The Morgan fingerprint density at radius 3 is 2.74 bits per heavy atom. The number of phenols is 1. The second-order valence-electron chi connectivity index (χ2n) is 6.27. The smallest absolute Gasteiger partial charge is 0.339 e. The highest BCUT2D eigenvalue weighted by Crippen LogP contribution is 2.39. The van der Waals surface area contributed by atoms with E-state index in [1.54, 1.807) is 24.8 Å². The molecule has 3 rings (SSSR count). The number of rotatable bonds is 4. The van der Waals surface area contributed by atoms with Crippen molar-refractivity contribution in [1.82, 2.24) is 0 Å². The maximum Gasteiger partial charge on any atom is 0.339 e. The van der Waals surface area contributed by atoms with E-state index in [2.05, 4.69) is 0 Å². The first-order valence-corrected chi connectivity index (χ1v) is 8.99. The third kappa shape index (κ3) is 3.65. The van der Waals surface area contributed by atoms with Crippen LogP contribution in [0.1, 0.15) is 48.0 Å². The molecule has 23 heavy (non-hydrogen) atoms. The average molecular weight is 338 g/mol. The number of benzene rings is 1. The maximum absolute atomic E-state index is 11.1. The Morgan fingerprint density at radius 2 is 2.09 bits per heavy atom. The molecule has 1 aliphatic heterocycles. The Kier molecular flexibility index (Phi) is 4.85. The average Bonchev–Trinajstić information content (AvgIpc) is 2.87. The molecule has 2 N–H and O–H groups in total. The second kappa shape index (κ2) is 6.71. The molecule has 1 atom stereocenters. The molecule has 1 heterocycles. The SMILES string of the molecule is Cc1cc(SCC2COC3(CCCCC3)O2)cc(O)c1C(=O)O. The molecule has 1 unspecified atom stereocenters. The molecule has 1 aliphatic carbocycles. The minimum absolute atomic E-state index is 0.0315. The minimum atomic E-state index is -1.11. The van der Waals surface area contributed by atoms with Gasteiger partial charge in [-0.05, 0) is 37.5 Å². The molecule has 1 saturated heterocycles. The van der Waals surface area contributed by atoms with E-state index in [4.69, 9.17) is 14.6 Å². The Labute approximate surface area is 140 Å². The number of carboxylic acids is 1. The molecule has 2 aliphatic rings. The molecule has 6 heteroatoms. The quantitative estimate of drug-likeness (QED) is 0.818. The molecule has 0 aromatic heterocycles. The highest BCUT2D eigenvalue weighted by atomic mass is 32.2. The summed E-state index contributed by atoms with van der Waals surface area (Å²) >= 11 is 1.56. The van der Waals surface area contributed by atoms with Crippen LogP contribution in [-0.2, 0) is 9.47 Å². The van der Waals surface area contributed by atoms with Crippen LogP contribution >= 0.6 is 11.8 Å². The van der Waals surface area contributed by atoms with Gasteiger partial charge in [-0.2, -0.15) is 0 Å². The lowest BCUT2D eigenvalue weighted by molar-refractivity contribution is -0.184. The zero-order valence-electron chi connectivity index (χ0n) is 13.2. The molecule has 1 aromatic carbocycles. The second-order valence-corrected chi connectivity index (χ2v) is 7.37. The third-order valence-electron chi connectivity index (χ3n) is 4.47. The van der Waals surface area contributed by atoms with Crippen LogP contribution in [0.15, 0.2) is 17.0 Å². The van der Waals surface area contributed by atoms with E-state index in [9.17, 15) is 9.90 Å². The van der Waals surface area contributed by atoms with E-state index in [0.717, 1.165) is 36.3 Å². The predicted octanol–water partition coefficient (Wildman–Crippen LogP) is 3.57. The Bertz CT molecular complexity index is 572. The molecule has 0 radical (unpaired) electrons. The van der Waals surface area contributed by atoms with Crippen LogP contribution in [0.25, 0.3) is 0 Å². The summed E-state index contributed by atoms with van der Waals surface area (Å²) in [5, 5.41) is 19.0. The fraction of sp³-hybridized carbons (Fsp3) is 0.588. The Hall–Kier alpha value is -1.24. The normalized spacial score (nSPS) is 23.3. The molecule has 1 aromatic rings. The van der Waals surface area contributed by atoms with Gasteiger partial charge in [-0.1, -0.05) is 6.42 Å². The van der Waals surface area contributed by atoms with Crippen molar-refractivity contribution in [1.29, 1.82) is 0 Å². The largest absolute Gasteiger partial charge is 0.507 e. The lowest BCUT2D eigenvalue weighted by Crippen LogP contribution is -2.33. The highest BCUT2D eigenvalue weighted by Gasteiger charge is 2.42. The summed E-state index contributed by atoms with van der Waals surface area (Å²) in [6, 6.07) is 3.30. The van der Waals surface area contributed by atoms with Gasteiger partial charge in [0.25, 0.3) is 0 Å². The summed E-state index contributed by atoms with van der Waals surface area (Å²) in [6.45, 7) is 2.30. The van der Waals surface area contributed by atoms with Gasteiger partial charge >= 0.3 is 5.97 Å². The number of carboxylic acid groups (broad SMARTS) is 1. The van der Waals surface area contributed by atoms with Gasteiger partial charge in [0, 0.05) is 23.5 Å². The zero-order valence-corrected chi connectivity index (χ0v) is 14.0. The first kappa shape index (κ1) is 16.6. The monoisotopic (exact) mass is 338 g/mol.